The number of rotatable bonds is 1. The molecule has 0 fully saturated rings. The fraction of sp³-hybridized carbons (Fsp3) is 0.300. The van der Waals surface area contributed by atoms with E-state index < -0.39 is 8.80 Å². The summed E-state index contributed by atoms with van der Waals surface area (Å²) < 4.78 is 6.78. The summed E-state index contributed by atoms with van der Waals surface area (Å²) in [5.74, 6) is 0. The van der Waals surface area contributed by atoms with Crippen molar-refractivity contribution in [1.29, 1.82) is 0 Å². The standard InChI is InChI=1S/C10H13NO2Si/c1-7-4-9-8(11(12)6-7)5-10(13-9)14(2)3/h4-6,12H,1-3H3/q+1. The van der Waals surface area contributed by atoms with Crippen LogP contribution in [0.1, 0.15) is 5.56 Å². The SMILES string of the molecule is Cc1cc2oc([Si](C)C)cc2[n+](O)c1. The van der Waals surface area contributed by atoms with Gasteiger partial charge in [-0.2, -0.15) is 0 Å². The Morgan fingerprint density at radius 1 is 1.36 bits per heavy atom. The molecule has 0 spiro atoms. The van der Waals surface area contributed by atoms with Crippen molar-refractivity contribution in [2.75, 3.05) is 0 Å². The largest absolute Gasteiger partial charge is 0.460 e. The number of nitrogens with zero attached hydrogens (tertiary/aromatic N) is 1. The molecule has 14 heavy (non-hydrogen) atoms. The molecule has 1 N–H and O–H groups in total. The van der Waals surface area contributed by atoms with E-state index in [2.05, 4.69) is 13.1 Å². The van der Waals surface area contributed by atoms with Crippen LogP contribution in [0.3, 0.4) is 0 Å². The minimum absolute atomic E-state index is 0.593. The molecule has 0 saturated heterocycles. The van der Waals surface area contributed by atoms with Crippen molar-refractivity contribution in [1.82, 2.24) is 0 Å². The Labute approximate surface area is 84.2 Å². The Balaban J connectivity index is 2.70. The molecule has 0 saturated carbocycles. The van der Waals surface area contributed by atoms with Crippen molar-refractivity contribution in [3.63, 3.8) is 0 Å². The van der Waals surface area contributed by atoms with Gasteiger partial charge in [-0.05, 0) is 13.0 Å². The summed E-state index contributed by atoms with van der Waals surface area (Å²) in [5.41, 5.74) is 2.49. The lowest BCUT2D eigenvalue weighted by Crippen LogP contribution is -2.30. The highest BCUT2D eigenvalue weighted by Gasteiger charge is 2.17. The van der Waals surface area contributed by atoms with Crippen LogP contribution in [-0.2, 0) is 0 Å². The third-order valence-corrected chi connectivity index (χ3v) is 3.40. The Kier molecular flexibility index (Phi) is 2.07. The van der Waals surface area contributed by atoms with Gasteiger partial charge in [0.15, 0.2) is 0 Å². The van der Waals surface area contributed by atoms with Crippen molar-refractivity contribution in [2.24, 2.45) is 0 Å². The van der Waals surface area contributed by atoms with Crippen LogP contribution in [0, 0.1) is 6.92 Å². The number of hydrogen-bond donors (Lipinski definition) is 1. The lowest BCUT2D eigenvalue weighted by molar-refractivity contribution is -0.884. The van der Waals surface area contributed by atoms with Crippen LogP contribution in [0.25, 0.3) is 11.1 Å². The van der Waals surface area contributed by atoms with Gasteiger partial charge in [0, 0.05) is 10.3 Å². The molecular formula is C10H13NO2Si+. The summed E-state index contributed by atoms with van der Waals surface area (Å²) in [5, 5.41) is 10.6. The van der Waals surface area contributed by atoms with Crippen LogP contribution in [0.15, 0.2) is 22.7 Å². The third kappa shape index (κ3) is 1.41. The van der Waals surface area contributed by atoms with Gasteiger partial charge in [-0.15, -0.1) is 0 Å². The zero-order valence-electron chi connectivity index (χ0n) is 8.53. The molecule has 2 aromatic rings. The van der Waals surface area contributed by atoms with Crippen molar-refractivity contribution >= 4 is 25.3 Å². The van der Waals surface area contributed by atoms with E-state index in [4.69, 9.17) is 4.42 Å². The maximum absolute atomic E-state index is 9.62. The highest BCUT2D eigenvalue weighted by molar-refractivity contribution is 6.69. The molecule has 0 aliphatic heterocycles. The van der Waals surface area contributed by atoms with Crippen LogP contribution in [-0.4, -0.2) is 14.0 Å². The molecule has 2 rings (SSSR count). The number of aryl methyl sites for hydroxylation is 1. The first kappa shape index (κ1) is 9.27. The average molecular weight is 207 g/mol. The molecule has 2 heterocycles. The first-order valence-corrected chi connectivity index (χ1v) is 7.03. The van der Waals surface area contributed by atoms with Gasteiger partial charge in [0.2, 0.25) is 11.8 Å². The Morgan fingerprint density at radius 2 is 2.07 bits per heavy atom. The molecule has 0 bridgehead atoms. The summed E-state index contributed by atoms with van der Waals surface area (Å²) >= 11 is 0. The van der Waals surface area contributed by atoms with Crippen LogP contribution >= 0.6 is 0 Å². The van der Waals surface area contributed by atoms with Crippen molar-refractivity contribution in [3.8, 4) is 0 Å². The summed E-state index contributed by atoms with van der Waals surface area (Å²) in [4.78, 5) is 0. The molecule has 2 aromatic heterocycles. The van der Waals surface area contributed by atoms with Gasteiger partial charge in [-0.25, -0.2) is 0 Å². The second-order valence-electron chi connectivity index (χ2n) is 3.72. The van der Waals surface area contributed by atoms with Gasteiger partial charge in [0.05, 0.1) is 11.4 Å². The van der Waals surface area contributed by atoms with E-state index in [1.807, 2.05) is 19.1 Å². The van der Waals surface area contributed by atoms with Crippen LogP contribution < -0.4 is 10.1 Å². The van der Waals surface area contributed by atoms with E-state index in [9.17, 15) is 5.21 Å². The maximum Gasteiger partial charge on any atom is 0.302 e. The predicted octanol–water partition coefficient (Wildman–Crippen LogP) is 1.23. The van der Waals surface area contributed by atoms with Crippen LogP contribution in [0.5, 0.6) is 0 Å². The Hall–Kier alpha value is -1.29. The lowest BCUT2D eigenvalue weighted by atomic mass is 10.3. The van der Waals surface area contributed by atoms with Gasteiger partial charge in [-0.1, -0.05) is 13.1 Å². The van der Waals surface area contributed by atoms with E-state index in [0.29, 0.717) is 0 Å². The zero-order valence-corrected chi connectivity index (χ0v) is 9.53. The molecule has 0 amide bonds. The van der Waals surface area contributed by atoms with Crippen molar-refractivity contribution in [3.05, 3.63) is 23.9 Å². The summed E-state index contributed by atoms with van der Waals surface area (Å²) in [6.45, 7) is 6.26. The predicted molar refractivity (Wildman–Crippen MR) is 55.4 cm³/mol. The molecule has 0 aliphatic rings. The Bertz CT molecular complexity index is 476. The smallest absolute Gasteiger partial charge is 0.302 e. The summed E-state index contributed by atoms with van der Waals surface area (Å²) in [6.07, 6.45) is 1.68. The number of aromatic nitrogens is 1. The van der Waals surface area contributed by atoms with E-state index in [1.165, 1.54) is 0 Å². The fourth-order valence-electron chi connectivity index (χ4n) is 1.43. The monoisotopic (exact) mass is 207 g/mol. The van der Waals surface area contributed by atoms with Gasteiger partial charge in [0.25, 0.3) is 0 Å². The number of pyridine rings is 1. The van der Waals surface area contributed by atoms with E-state index in [1.54, 1.807) is 6.20 Å². The fourth-order valence-corrected chi connectivity index (χ4v) is 2.17. The molecule has 1 radical (unpaired) electrons. The first-order chi connectivity index (χ1) is 6.58. The quantitative estimate of drug-likeness (QED) is 0.434. The highest BCUT2D eigenvalue weighted by atomic mass is 28.3. The van der Waals surface area contributed by atoms with Crippen molar-refractivity contribution < 1.29 is 14.4 Å². The Morgan fingerprint density at radius 3 is 2.71 bits per heavy atom. The second kappa shape index (κ2) is 3.13. The molecule has 3 nitrogen and oxygen atoms in total. The molecule has 0 aromatic carbocycles. The van der Waals surface area contributed by atoms with Gasteiger partial charge >= 0.3 is 5.52 Å². The highest BCUT2D eigenvalue weighted by Crippen LogP contribution is 2.11. The van der Waals surface area contributed by atoms with E-state index in [0.717, 1.165) is 26.8 Å². The molecule has 0 aliphatic carbocycles. The molecule has 73 valence electrons. The minimum atomic E-state index is -0.593. The molecule has 0 atom stereocenters. The third-order valence-electron chi connectivity index (χ3n) is 2.16. The number of hydrogen-bond acceptors (Lipinski definition) is 2. The second-order valence-corrected chi connectivity index (χ2v) is 6.21. The van der Waals surface area contributed by atoms with Crippen molar-refractivity contribution in [2.45, 2.75) is 20.0 Å². The normalized spacial score (nSPS) is 11.4. The van der Waals surface area contributed by atoms with Gasteiger partial charge in [-0.3, -0.25) is 5.21 Å². The van der Waals surface area contributed by atoms with Gasteiger partial charge < -0.3 is 4.42 Å². The van der Waals surface area contributed by atoms with Gasteiger partial charge in [0.1, 0.15) is 8.80 Å². The maximum atomic E-state index is 9.62. The lowest BCUT2D eigenvalue weighted by Gasteiger charge is -1.92. The molecule has 4 heteroatoms. The van der Waals surface area contributed by atoms with E-state index in [-0.39, 0.29) is 0 Å². The molecule has 0 unspecified atom stereocenters. The molecular weight excluding hydrogens is 194 g/mol. The summed E-state index contributed by atoms with van der Waals surface area (Å²) in [7, 11) is -0.593. The first-order valence-electron chi connectivity index (χ1n) is 4.53. The van der Waals surface area contributed by atoms with E-state index >= 15 is 0 Å². The van der Waals surface area contributed by atoms with Crippen LogP contribution in [0.4, 0.5) is 0 Å². The number of fused-ring (bicyclic) bond motifs is 1. The minimum Gasteiger partial charge on any atom is -0.460 e. The summed E-state index contributed by atoms with van der Waals surface area (Å²) in [6, 6.07) is 3.86. The van der Waals surface area contributed by atoms with Crippen LogP contribution in [0.2, 0.25) is 13.1 Å². The number of furan rings is 1. The zero-order chi connectivity index (χ0) is 10.3. The average Bonchev–Trinajstić information content (AvgIpc) is 2.47. The topological polar surface area (TPSA) is 37.2 Å².